The predicted octanol–water partition coefficient (Wildman–Crippen LogP) is 3.38. The maximum Gasteiger partial charge on any atom is 0.305 e. The molecule has 4 nitrogen and oxygen atoms in total. The minimum atomic E-state index is -0.378. The number of aromatic hydroxyl groups is 1. The third-order valence-corrected chi connectivity index (χ3v) is 4.17. The molecule has 0 amide bonds. The van der Waals surface area contributed by atoms with E-state index in [1.54, 1.807) is 6.07 Å². The lowest BCUT2D eigenvalue weighted by atomic mass is 9.87. The van der Waals surface area contributed by atoms with Crippen LogP contribution in [0.4, 0.5) is 0 Å². The van der Waals surface area contributed by atoms with E-state index in [1.165, 1.54) is 7.11 Å². The van der Waals surface area contributed by atoms with E-state index >= 15 is 0 Å². The SMILES string of the molecule is CCCc1c(O)ccc2c1OC(C)(CCC(=O)OC)CC2. The molecule has 116 valence electrons. The van der Waals surface area contributed by atoms with Gasteiger partial charge in [0, 0.05) is 12.0 Å². The summed E-state index contributed by atoms with van der Waals surface area (Å²) < 4.78 is 10.9. The zero-order valence-corrected chi connectivity index (χ0v) is 13.1. The summed E-state index contributed by atoms with van der Waals surface area (Å²) in [6, 6.07) is 3.69. The van der Waals surface area contributed by atoms with Crippen LogP contribution in [0.2, 0.25) is 0 Å². The number of ether oxygens (including phenoxy) is 2. The molecular formula is C17H24O4. The van der Waals surface area contributed by atoms with Gasteiger partial charge in [-0.1, -0.05) is 19.4 Å². The molecule has 1 aliphatic rings. The third-order valence-electron chi connectivity index (χ3n) is 4.17. The number of methoxy groups -OCH3 is 1. The van der Waals surface area contributed by atoms with Crippen LogP contribution in [0.25, 0.3) is 0 Å². The second-order valence-electron chi connectivity index (χ2n) is 5.93. The molecule has 1 aromatic carbocycles. The Hall–Kier alpha value is -1.71. The van der Waals surface area contributed by atoms with Crippen molar-refractivity contribution in [2.24, 2.45) is 0 Å². The summed E-state index contributed by atoms with van der Waals surface area (Å²) in [5.41, 5.74) is 1.66. The third kappa shape index (κ3) is 3.49. The summed E-state index contributed by atoms with van der Waals surface area (Å²) in [6.45, 7) is 4.11. The molecule has 0 aliphatic carbocycles. The fraction of sp³-hybridized carbons (Fsp3) is 0.588. The number of aryl methyl sites for hydroxylation is 1. The van der Waals surface area contributed by atoms with Crippen LogP contribution in [-0.4, -0.2) is 23.8 Å². The van der Waals surface area contributed by atoms with Crippen molar-refractivity contribution in [2.45, 2.75) is 58.0 Å². The van der Waals surface area contributed by atoms with Gasteiger partial charge in [-0.2, -0.15) is 0 Å². The summed E-state index contributed by atoms with van der Waals surface area (Å²) in [6.07, 6.45) is 4.50. The molecular weight excluding hydrogens is 268 g/mol. The van der Waals surface area contributed by atoms with Crippen LogP contribution in [0, 0.1) is 0 Å². The predicted molar refractivity (Wildman–Crippen MR) is 80.7 cm³/mol. The van der Waals surface area contributed by atoms with Crippen LogP contribution in [-0.2, 0) is 22.4 Å². The Morgan fingerprint density at radius 3 is 2.90 bits per heavy atom. The van der Waals surface area contributed by atoms with Gasteiger partial charge in [0.2, 0.25) is 0 Å². The first-order chi connectivity index (χ1) is 9.99. The van der Waals surface area contributed by atoms with Gasteiger partial charge in [-0.15, -0.1) is 0 Å². The lowest BCUT2D eigenvalue weighted by Crippen LogP contribution is -2.37. The number of benzene rings is 1. The van der Waals surface area contributed by atoms with Gasteiger partial charge in [0.15, 0.2) is 0 Å². The molecule has 0 aromatic heterocycles. The molecule has 2 rings (SSSR count). The van der Waals surface area contributed by atoms with Gasteiger partial charge in [-0.3, -0.25) is 4.79 Å². The number of fused-ring (bicyclic) bond motifs is 1. The Balaban J connectivity index is 2.21. The first-order valence-electron chi connectivity index (χ1n) is 7.58. The number of hydrogen-bond donors (Lipinski definition) is 1. The Bertz CT molecular complexity index is 524. The van der Waals surface area contributed by atoms with Crippen molar-refractivity contribution in [3.8, 4) is 11.5 Å². The highest BCUT2D eigenvalue weighted by Gasteiger charge is 2.33. The number of phenolic OH excluding ortho intramolecular Hbond substituents is 1. The number of carbonyl (C=O) groups is 1. The van der Waals surface area contributed by atoms with E-state index in [1.807, 2.05) is 13.0 Å². The van der Waals surface area contributed by atoms with E-state index < -0.39 is 0 Å². The average Bonchev–Trinajstić information content (AvgIpc) is 2.48. The molecule has 0 fully saturated rings. The zero-order valence-electron chi connectivity index (χ0n) is 13.1. The summed E-state index contributed by atoms with van der Waals surface area (Å²) in [4.78, 5) is 11.3. The van der Waals surface area contributed by atoms with Gasteiger partial charge in [0.1, 0.15) is 17.1 Å². The normalized spacial score (nSPS) is 20.5. The van der Waals surface area contributed by atoms with Crippen LogP contribution in [0.1, 0.15) is 50.7 Å². The Kier molecular flexibility index (Phi) is 4.76. The van der Waals surface area contributed by atoms with Gasteiger partial charge in [0.25, 0.3) is 0 Å². The van der Waals surface area contributed by atoms with E-state index in [9.17, 15) is 9.90 Å². The number of carbonyl (C=O) groups excluding carboxylic acids is 1. The quantitative estimate of drug-likeness (QED) is 0.845. The average molecular weight is 292 g/mol. The lowest BCUT2D eigenvalue weighted by molar-refractivity contribution is -0.141. The van der Waals surface area contributed by atoms with Crippen molar-refractivity contribution in [1.29, 1.82) is 0 Å². The minimum Gasteiger partial charge on any atom is -0.508 e. The molecule has 0 saturated heterocycles. The zero-order chi connectivity index (χ0) is 15.5. The van der Waals surface area contributed by atoms with Gasteiger partial charge in [0.05, 0.1) is 7.11 Å². The van der Waals surface area contributed by atoms with Crippen LogP contribution in [0.3, 0.4) is 0 Å². The molecule has 21 heavy (non-hydrogen) atoms. The Labute approximate surface area is 126 Å². The molecule has 1 aliphatic heterocycles. The molecule has 0 radical (unpaired) electrons. The van der Waals surface area contributed by atoms with Crippen molar-refractivity contribution >= 4 is 5.97 Å². The molecule has 1 heterocycles. The van der Waals surface area contributed by atoms with Crippen molar-refractivity contribution in [1.82, 2.24) is 0 Å². The highest BCUT2D eigenvalue weighted by atomic mass is 16.5. The molecule has 0 bridgehead atoms. The molecule has 0 saturated carbocycles. The monoisotopic (exact) mass is 292 g/mol. The summed E-state index contributed by atoms with van der Waals surface area (Å²) >= 11 is 0. The topological polar surface area (TPSA) is 55.8 Å². The molecule has 1 N–H and O–H groups in total. The Morgan fingerprint density at radius 2 is 2.24 bits per heavy atom. The second-order valence-corrected chi connectivity index (χ2v) is 5.93. The highest BCUT2D eigenvalue weighted by Crippen LogP contribution is 2.41. The fourth-order valence-corrected chi connectivity index (χ4v) is 2.82. The number of esters is 1. The van der Waals surface area contributed by atoms with Crippen LogP contribution < -0.4 is 4.74 Å². The van der Waals surface area contributed by atoms with Crippen molar-refractivity contribution in [3.63, 3.8) is 0 Å². The first kappa shape index (κ1) is 15.7. The summed E-state index contributed by atoms with van der Waals surface area (Å²) in [5.74, 6) is 0.901. The standard InChI is InChI=1S/C17H24O4/c1-4-5-13-14(18)7-6-12-8-10-17(2,21-16(12)13)11-9-15(19)20-3/h6-7,18H,4-5,8-11H2,1-3H3. The fourth-order valence-electron chi connectivity index (χ4n) is 2.82. The molecule has 1 aromatic rings. The van der Waals surface area contributed by atoms with Crippen LogP contribution >= 0.6 is 0 Å². The van der Waals surface area contributed by atoms with Crippen molar-refractivity contribution in [3.05, 3.63) is 23.3 Å². The van der Waals surface area contributed by atoms with Gasteiger partial charge >= 0.3 is 5.97 Å². The van der Waals surface area contributed by atoms with E-state index in [0.29, 0.717) is 18.6 Å². The first-order valence-corrected chi connectivity index (χ1v) is 7.58. The van der Waals surface area contributed by atoms with E-state index in [0.717, 1.165) is 42.6 Å². The largest absolute Gasteiger partial charge is 0.508 e. The maximum atomic E-state index is 11.3. The van der Waals surface area contributed by atoms with E-state index in [2.05, 4.69) is 6.92 Å². The van der Waals surface area contributed by atoms with Crippen molar-refractivity contribution < 1.29 is 19.4 Å². The van der Waals surface area contributed by atoms with E-state index in [4.69, 9.17) is 9.47 Å². The highest BCUT2D eigenvalue weighted by molar-refractivity contribution is 5.69. The van der Waals surface area contributed by atoms with Crippen molar-refractivity contribution in [2.75, 3.05) is 7.11 Å². The number of hydrogen-bond acceptors (Lipinski definition) is 4. The molecule has 1 unspecified atom stereocenters. The smallest absolute Gasteiger partial charge is 0.305 e. The number of phenols is 1. The summed E-state index contributed by atoms with van der Waals surface area (Å²) in [7, 11) is 1.40. The van der Waals surface area contributed by atoms with Gasteiger partial charge < -0.3 is 14.6 Å². The lowest BCUT2D eigenvalue weighted by Gasteiger charge is -2.37. The van der Waals surface area contributed by atoms with Gasteiger partial charge in [-0.05, 0) is 44.2 Å². The van der Waals surface area contributed by atoms with Gasteiger partial charge in [-0.25, -0.2) is 0 Å². The summed E-state index contributed by atoms with van der Waals surface area (Å²) in [5, 5.41) is 10.1. The van der Waals surface area contributed by atoms with Crippen LogP contribution in [0.15, 0.2) is 12.1 Å². The minimum absolute atomic E-state index is 0.213. The van der Waals surface area contributed by atoms with E-state index in [-0.39, 0.29) is 11.6 Å². The second kappa shape index (κ2) is 6.37. The number of rotatable bonds is 5. The Morgan fingerprint density at radius 1 is 1.48 bits per heavy atom. The van der Waals surface area contributed by atoms with Crippen LogP contribution in [0.5, 0.6) is 11.5 Å². The molecule has 1 atom stereocenters. The molecule has 0 spiro atoms. The maximum absolute atomic E-state index is 11.3. The molecule has 4 heteroatoms.